The van der Waals surface area contributed by atoms with Crippen LogP contribution in [0.2, 0.25) is 0 Å². The highest BCUT2D eigenvalue weighted by Crippen LogP contribution is 2.31. The summed E-state index contributed by atoms with van der Waals surface area (Å²) in [6.07, 6.45) is 9.32. The second-order valence-electron chi connectivity index (χ2n) is 5.99. The Bertz CT molecular complexity index is 812. The summed E-state index contributed by atoms with van der Waals surface area (Å²) in [5.41, 5.74) is 5.24. The maximum Gasteiger partial charge on any atom is 0.140 e. The van der Waals surface area contributed by atoms with Gasteiger partial charge in [0, 0.05) is 23.8 Å². The van der Waals surface area contributed by atoms with E-state index < -0.39 is 0 Å². The molecule has 0 saturated carbocycles. The molecule has 0 spiro atoms. The number of pyridine rings is 1. The first-order valence-electron chi connectivity index (χ1n) is 8.09. The van der Waals surface area contributed by atoms with Crippen molar-refractivity contribution in [1.29, 1.82) is 0 Å². The smallest absolute Gasteiger partial charge is 0.140 e. The zero-order valence-electron chi connectivity index (χ0n) is 12.7. The van der Waals surface area contributed by atoms with Gasteiger partial charge in [0.2, 0.25) is 0 Å². The Labute approximate surface area is 131 Å². The highest BCUT2D eigenvalue weighted by Gasteiger charge is 2.15. The Balaban J connectivity index is 1.84. The number of nitrogens with zero attached hydrogens (tertiary/aromatic N) is 2. The highest BCUT2D eigenvalue weighted by molar-refractivity contribution is 5.83. The molecule has 0 saturated heterocycles. The summed E-state index contributed by atoms with van der Waals surface area (Å²) >= 11 is 0. The average Bonchev–Trinajstić information content (AvgIpc) is 2.95. The summed E-state index contributed by atoms with van der Waals surface area (Å²) in [6, 6.07) is 17.1. The summed E-state index contributed by atoms with van der Waals surface area (Å²) in [7, 11) is 0. The molecule has 0 aliphatic heterocycles. The monoisotopic (exact) mass is 288 g/mol. The second-order valence-corrected chi connectivity index (χ2v) is 5.99. The summed E-state index contributed by atoms with van der Waals surface area (Å²) in [5.74, 6) is 0. The van der Waals surface area contributed by atoms with Crippen LogP contribution in [0, 0.1) is 0 Å². The lowest BCUT2D eigenvalue weighted by molar-refractivity contribution is 0.728. The van der Waals surface area contributed by atoms with E-state index in [4.69, 9.17) is 0 Å². The van der Waals surface area contributed by atoms with Gasteiger partial charge in [0.15, 0.2) is 0 Å². The largest absolute Gasteiger partial charge is 0.321 e. The van der Waals surface area contributed by atoms with Crippen molar-refractivity contribution < 1.29 is 0 Å². The molecule has 0 radical (unpaired) electrons. The zero-order chi connectivity index (χ0) is 14.8. The Kier molecular flexibility index (Phi) is 3.51. The van der Waals surface area contributed by atoms with Crippen LogP contribution in [-0.4, -0.2) is 9.55 Å². The fraction of sp³-hybridized carbons (Fsp3) is 0.250. The molecule has 2 heteroatoms. The molecule has 0 atom stereocenters. The Morgan fingerprint density at radius 2 is 1.91 bits per heavy atom. The maximum atomic E-state index is 4.63. The molecule has 0 amide bonds. The average molecular weight is 288 g/mol. The fourth-order valence-electron chi connectivity index (χ4n) is 3.35. The van der Waals surface area contributed by atoms with Gasteiger partial charge in [0.05, 0.1) is 0 Å². The maximum absolute atomic E-state index is 4.63. The van der Waals surface area contributed by atoms with Gasteiger partial charge < -0.3 is 4.57 Å². The molecular formula is C20H20N2. The van der Waals surface area contributed by atoms with Crippen LogP contribution in [0.3, 0.4) is 0 Å². The third kappa shape index (κ3) is 2.45. The lowest BCUT2D eigenvalue weighted by Crippen LogP contribution is -2.06. The zero-order valence-corrected chi connectivity index (χ0v) is 12.7. The molecule has 4 rings (SSSR count). The number of rotatable bonds is 3. The van der Waals surface area contributed by atoms with Crippen LogP contribution < -0.4 is 0 Å². The van der Waals surface area contributed by atoms with Crippen molar-refractivity contribution in [2.75, 3.05) is 0 Å². The van der Waals surface area contributed by atoms with Crippen LogP contribution in [0.4, 0.5) is 0 Å². The van der Waals surface area contributed by atoms with Crippen molar-refractivity contribution in [3.8, 4) is 0 Å². The molecule has 1 aromatic carbocycles. The number of aromatic nitrogens is 2. The molecule has 22 heavy (non-hydrogen) atoms. The SMILES string of the molecule is C1=C(c2cc3cccnc3n2Cc2ccccc2)CCCC1. The van der Waals surface area contributed by atoms with Gasteiger partial charge >= 0.3 is 0 Å². The van der Waals surface area contributed by atoms with E-state index in [1.165, 1.54) is 47.9 Å². The number of benzene rings is 1. The molecule has 2 heterocycles. The summed E-state index contributed by atoms with van der Waals surface area (Å²) < 4.78 is 2.38. The van der Waals surface area contributed by atoms with E-state index >= 15 is 0 Å². The molecule has 1 aliphatic rings. The first-order valence-corrected chi connectivity index (χ1v) is 8.09. The Morgan fingerprint density at radius 3 is 2.73 bits per heavy atom. The summed E-state index contributed by atoms with van der Waals surface area (Å²) in [4.78, 5) is 4.63. The summed E-state index contributed by atoms with van der Waals surface area (Å²) in [6.45, 7) is 0.883. The lowest BCUT2D eigenvalue weighted by Gasteiger charge is -2.16. The van der Waals surface area contributed by atoms with Crippen molar-refractivity contribution in [1.82, 2.24) is 9.55 Å². The second kappa shape index (κ2) is 5.80. The number of allylic oxidation sites excluding steroid dienone is 2. The molecule has 3 aromatic rings. The third-order valence-corrected chi connectivity index (χ3v) is 4.46. The van der Waals surface area contributed by atoms with E-state index in [0.717, 1.165) is 12.2 Å². The lowest BCUT2D eigenvalue weighted by atomic mass is 9.97. The van der Waals surface area contributed by atoms with Crippen LogP contribution in [0.15, 0.2) is 60.8 Å². The predicted molar refractivity (Wildman–Crippen MR) is 91.7 cm³/mol. The van der Waals surface area contributed by atoms with Crippen LogP contribution in [0.5, 0.6) is 0 Å². The van der Waals surface area contributed by atoms with Crippen LogP contribution in [0.25, 0.3) is 16.6 Å². The topological polar surface area (TPSA) is 17.8 Å². The van der Waals surface area contributed by atoms with E-state index in [-0.39, 0.29) is 0 Å². The molecule has 0 bridgehead atoms. The van der Waals surface area contributed by atoms with Crippen LogP contribution >= 0.6 is 0 Å². The van der Waals surface area contributed by atoms with Gasteiger partial charge in [-0.1, -0.05) is 36.4 Å². The van der Waals surface area contributed by atoms with Crippen molar-refractivity contribution in [3.05, 3.63) is 72.1 Å². The normalized spacial score (nSPS) is 15.0. The van der Waals surface area contributed by atoms with E-state index in [1.54, 1.807) is 0 Å². The molecule has 1 aliphatic carbocycles. The van der Waals surface area contributed by atoms with Gasteiger partial charge in [-0.25, -0.2) is 4.98 Å². The van der Waals surface area contributed by atoms with Crippen LogP contribution in [0.1, 0.15) is 36.9 Å². The third-order valence-electron chi connectivity index (χ3n) is 4.46. The van der Waals surface area contributed by atoms with Gasteiger partial charge in [0.25, 0.3) is 0 Å². The Hall–Kier alpha value is -2.35. The molecule has 110 valence electrons. The van der Waals surface area contributed by atoms with E-state index in [1.807, 2.05) is 12.3 Å². The van der Waals surface area contributed by atoms with Crippen LogP contribution in [-0.2, 0) is 6.54 Å². The first kappa shape index (κ1) is 13.3. The molecule has 0 fully saturated rings. The minimum absolute atomic E-state index is 0.883. The number of hydrogen-bond acceptors (Lipinski definition) is 1. The highest BCUT2D eigenvalue weighted by atomic mass is 15.0. The number of hydrogen-bond donors (Lipinski definition) is 0. The van der Waals surface area contributed by atoms with Crippen molar-refractivity contribution in [2.45, 2.75) is 32.2 Å². The van der Waals surface area contributed by atoms with Gasteiger partial charge in [-0.3, -0.25) is 0 Å². The Morgan fingerprint density at radius 1 is 1.00 bits per heavy atom. The predicted octanol–water partition coefficient (Wildman–Crippen LogP) is 5.04. The van der Waals surface area contributed by atoms with E-state index in [9.17, 15) is 0 Å². The number of fused-ring (bicyclic) bond motifs is 1. The van der Waals surface area contributed by atoms with E-state index in [2.05, 4.69) is 58.1 Å². The van der Waals surface area contributed by atoms with Crippen molar-refractivity contribution in [3.63, 3.8) is 0 Å². The minimum Gasteiger partial charge on any atom is -0.321 e. The van der Waals surface area contributed by atoms with E-state index in [0.29, 0.717) is 0 Å². The van der Waals surface area contributed by atoms with Gasteiger partial charge in [-0.2, -0.15) is 0 Å². The molecular weight excluding hydrogens is 268 g/mol. The standard InChI is InChI=1S/C20H20N2/c1-3-8-16(9-4-1)15-22-19(17-10-5-2-6-11-17)14-18-12-7-13-21-20(18)22/h1,3-4,7-10,12-14H,2,5-6,11,15H2. The van der Waals surface area contributed by atoms with Crippen molar-refractivity contribution in [2.24, 2.45) is 0 Å². The van der Waals surface area contributed by atoms with Crippen molar-refractivity contribution >= 4 is 16.6 Å². The fourth-order valence-corrected chi connectivity index (χ4v) is 3.35. The first-order chi connectivity index (χ1) is 10.9. The quantitative estimate of drug-likeness (QED) is 0.660. The van der Waals surface area contributed by atoms with Gasteiger partial charge in [0.1, 0.15) is 5.65 Å². The molecule has 0 N–H and O–H groups in total. The molecule has 2 aromatic heterocycles. The molecule has 0 unspecified atom stereocenters. The van der Waals surface area contributed by atoms with Gasteiger partial charge in [-0.15, -0.1) is 0 Å². The molecule has 2 nitrogen and oxygen atoms in total. The minimum atomic E-state index is 0.883. The van der Waals surface area contributed by atoms with Gasteiger partial charge in [-0.05, 0) is 55.0 Å². The summed E-state index contributed by atoms with van der Waals surface area (Å²) in [5, 5.41) is 1.24.